The van der Waals surface area contributed by atoms with Crippen LogP contribution in [0.3, 0.4) is 0 Å². The first-order chi connectivity index (χ1) is 8.02. The first-order valence-electron chi connectivity index (χ1n) is 5.63. The van der Waals surface area contributed by atoms with E-state index in [1.54, 1.807) is 13.1 Å². The van der Waals surface area contributed by atoms with Crippen LogP contribution in [0.1, 0.15) is 25.6 Å². The summed E-state index contributed by atoms with van der Waals surface area (Å²) in [7, 11) is -1.85. The number of hydrogen-bond acceptors (Lipinski definition) is 3. The predicted octanol–water partition coefficient (Wildman–Crippen LogP) is 1.56. The van der Waals surface area contributed by atoms with Gasteiger partial charge in [-0.15, -0.1) is 6.58 Å². The first kappa shape index (κ1) is 13.9. The third-order valence-electron chi connectivity index (χ3n) is 2.51. The van der Waals surface area contributed by atoms with Gasteiger partial charge in [-0.1, -0.05) is 13.0 Å². The van der Waals surface area contributed by atoms with Crippen LogP contribution in [-0.2, 0) is 16.4 Å². The Bertz CT molecular complexity index is 465. The number of allylic oxidation sites excluding steroid dienone is 1. The number of rotatable bonds is 7. The standard InChI is InChI=1S/C11H19N3O2S/c1-4-6-7-8-14(3)17(15,16)11-9-12-10(5-2)13-11/h4,9H,1,5-8H2,2-3H3,(H,12,13). The Hall–Kier alpha value is -1.14. The van der Waals surface area contributed by atoms with Crippen LogP contribution in [0, 0.1) is 0 Å². The van der Waals surface area contributed by atoms with E-state index in [0.29, 0.717) is 18.8 Å². The molecule has 6 heteroatoms. The zero-order chi connectivity index (χ0) is 12.9. The van der Waals surface area contributed by atoms with Crippen molar-refractivity contribution in [3.63, 3.8) is 0 Å². The van der Waals surface area contributed by atoms with E-state index in [-0.39, 0.29) is 5.03 Å². The van der Waals surface area contributed by atoms with E-state index in [4.69, 9.17) is 0 Å². The van der Waals surface area contributed by atoms with Gasteiger partial charge in [0, 0.05) is 20.0 Å². The van der Waals surface area contributed by atoms with Gasteiger partial charge in [0.15, 0.2) is 5.03 Å². The topological polar surface area (TPSA) is 66.1 Å². The summed E-state index contributed by atoms with van der Waals surface area (Å²) >= 11 is 0. The van der Waals surface area contributed by atoms with Crippen LogP contribution in [0.2, 0.25) is 0 Å². The van der Waals surface area contributed by atoms with Crippen molar-refractivity contribution in [1.82, 2.24) is 14.3 Å². The number of hydrogen-bond donors (Lipinski definition) is 1. The molecule has 0 radical (unpaired) electrons. The zero-order valence-electron chi connectivity index (χ0n) is 10.3. The van der Waals surface area contributed by atoms with Gasteiger partial charge in [-0.25, -0.2) is 13.4 Å². The van der Waals surface area contributed by atoms with E-state index in [1.807, 2.05) is 6.92 Å². The van der Waals surface area contributed by atoms with Gasteiger partial charge in [-0.2, -0.15) is 4.31 Å². The molecule has 1 heterocycles. The SMILES string of the molecule is C=CCCCN(C)S(=O)(=O)c1cnc(CC)[nH]1. The van der Waals surface area contributed by atoms with Gasteiger partial charge >= 0.3 is 0 Å². The molecule has 17 heavy (non-hydrogen) atoms. The number of sulfonamides is 1. The summed E-state index contributed by atoms with van der Waals surface area (Å²) in [6.45, 7) is 6.01. The van der Waals surface area contributed by atoms with E-state index in [2.05, 4.69) is 16.5 Å². The molecule has 96 valence electrons. The maximum absolute atomic E-state index is 12.1. The van der Waals surface area contributed by atoms with Crippen LogP contribution in [0.5, 0.6) is 0 Å². The van der Waals surface area contributed by atoms with E-state index < -0.39 is 10.0 Å². The Balaban J connectivity index is 2.76. The van der Waals surface area contributed by atoms with Gasteiger partial charge in [-0.3, -0.25) is 0 Å². The average molecular weight is 257 g/mol. The molecule has 0 aliphatic heterocycles. The minimum Gasteiger partial charge on any atom is -0.332 e. The zero-order valence-corrected chi connectivity index (χ0v) is 11.1. The van der Waals surface area contributed by atoms with Crippen molar-refractivity contribution in [2.45, 2.75) is 31.2 Å². The van der Waals surface area contributed by atoms with Crippen LogP contribution in [0.15, 0.2) is 23.9 Å². The summed E-state index contributed by atoms with van der Waals surface area (Å²) in [5, 5.41) is 0.162. The molecule has 1 aromatic heterocycles. The van der Waals surface area contributed by atoms with Gasteiger partial charge in [0.25, 0.3) is 10.0 Å². The highest BCUT2D eigenvalue weighted by Gasteiger charge is 2.22. The number of nitrogens with zero attached hydrogens (tertiary/aromatic N) is 2. The summed E-state index contributed by atoms with van der Waals surface area (Å²) in [6, 6.07) is 0. The Morgan fingerprint density at radius 1 is 1.59 bits per heavy atom. The van der Waals surface area contributed by atoms with E-state index in [1.165, 1.54) is 10.5 Å². The van der Waals surface area contributed by atoms with E-state index in [9.17, 15) is 8.42 Å². The highest BCUT2D eigenvalue weighted by Crippen LogP contribution is 2.12. The highest BCUT2D eigenvalue weighted by atomic mass is 32.2. The molecule has 5 nitrogen and oxygen atoms in total. The van der Waals surface area contributed by atoms with Crippen molar-refractivity contribution in [2.75, 3.05) is 13.6 Å². The lowest BCUT2D eigenvalue weighted by atomic mass is 10.3. The molecule has 0 atom stereocenters. The normalized spacial score (nSPS) is 11.9. The number of aromatic nitrogens is 2. The van der Waals surface area contributed by atoms with E-state index in [0.717, 1.165) is 12.8 Å². The molecule has 0 amide bonds. The minimum atomic E-state index is -3.43. The second-order valence-corrected chi connectivity index (χ2v) is 5.82. The number of H-pyrrole nitrogens is 1. The molecule has 1 N–H and O–H groups in total. The molecule has 0 fully saturated rings. The van der Waals surface area contributed by atoms with Crippen molar-refractivity contribution >= 4 is 10.0 Å². The highest BCUT2D eigenvalue weighted by molar-refractivity contribution is 7.89. The monoisotopic (exact) mass is 257 g/mol. The van der Waals surface area contributed by atoms with E-state index >= 15 is 0 Å². The molecular weight excluding hydrogens is 238 g/mol. The summed E-state index contributed by atoms with van der Waals surface area (Å²) in [5.41, 5.74) is 0. The Morgan fingerprint density at radius 2 is 2.29 bits per heavy atom. The smallest absolute Gasteiger partial charge is 0.259 e. The Labute approximate surface area is 103 Å². The molecule has 0 bridgehead atoms. The summed E-state index contributed by atoms with van der Waals surface area (Å²) in [5.74, 6) is 0.683. The first-order valence-corrected chi connectivity index (χ1v) is 7.07. The number of aryl methyl sites for hydroxylation is 1. The van der Waals surface area contributed by atoms with Crippen molar-refractivity contribution in [3.8, 4) is 0 Å². The summed E-state index contributed by atoms with van der Waals surface area (Å²) in [6.07, 6.45) is 5.43. The molecule has 0 spiro atoms. The Morgan fingerprint density at radius 3 is 2.82 bits per heavy atom. The molecule has 0 aliphatic carbocycles. The molecule has 0 aromatic carbocycles. The summed E-state index contributed by atoms with van der Waals surface area (Å²) in [4.78, 5) is 6.82. The van der Waals surface area contributed by atoms with Gasteiger partial charge in [-0.05, 0) is 12.8 Å². The fraction of sp³-hybridized carbons (Fsp3) is 0.545. The molecular formula is C11H19N3O2S. The van der Waals surface area contributed by atoms with Gasteiger partial charge in [0.2, 0.25) is 0 Å². The molecule has 0 saturated heterocycles. The number of aromatic amines is 1. The van der Waals surface area contributed by atoms with Crippen LogP contribution in [-0.4, -0.2) is 36.3 Å². The maximum atomic E-state index is 12.1. The largest absolute Gasteiger partial charge is 0.332 e. The summed E-state index contributed by atoms with van der Waals surface area (Å²) < 4.78 is 25.5. The van der Waals surface area contributed by atoms with Gasteiger partial charge in [0.05, 0.1) is 6.20 Å². The maximum Gasteiger partial charge on any atom is 0.259 e. The molecule has 1 rings (SSSR count). The van der Waals surface area contributed by atoms with Gasteiger partial charge < -0.3 is 4.98 Å². The number of imidazole rings is 1. The predicted molar refractivity (Wildman–Crippen MR) is 67.2 cm³/mol. The number of nitrogens with one attached hydrogen (secondary N) is 1. The lowest BCUT2D eigenvalue weighted by Gasteiger charge is -2.15. The molecule has 1 aromatic rings. The third kappa shape index (κ3) is 3.41. The quantitative estimate of drug-likeness (QED) is 0.595. The Kier molecular flexibility index (Phi) is 4.89. The van der Waals surface area contributed by atoms with Crippen molar-refractivity contribution in [1.29, 1.82) is 0 Å². The van der Waals surface area contributed by atoms with Crippen molar-refractivity contribution < 1.29 is 8.42 Å². The average Bonchev–Trinajstić information content (AvgIpc) is 2.78. The second kappa shape index (κ2) is 5.97. The van der Waals surface area contributed by atoms with Crippen LogP contribution in [0.4, 0.5) is 0 Å². The van der Waals surface area contributed by atoms with Crippen LogP contribution in [0.25, 0.3) is 0 Å². The second-order valence-electron chi connectivity index (χ2n) is 3.81. The number of unbranched alkanes of at least 4 members (excludes halogenated alkanes) is 1. The van der Waals surface area contributed by atoms with Crippen molar-refractivity contribution in [2.24, 2.45) is 0 Å². The van der Waals surface area contributed by atoms with Gasteiger partial charge in [0.1, 0.15) is 5.82 Å². The lowest BCUT2D eigenvalue weighted by molar-refractivity contribution is 0.460. The molecule has 0 unspecified atom stereocenters. The fourth-order valence-corrected chi connectivity index (χ4v) is 2.54. The minimum absolute atomic E-state index is 0.162. The lowest BCUT2D eigenvalue weighted by Crippen LogP contribution is -2.28. The molecule has 0 aliphatic rings. The van der Waals surface area contributed by atoms with Crippen LogP contribution >= 0.6 is 0 Å². The molecule has 0 saturated carbocycles. The fourth-order valence-electron chi connectivity index (χ4n) is 1.40. The van der Waals surface area contributed by atoms with Crippen molar-refractivity contribution in [3.05, 3.63) is 24.7 Å². The third-order valence-corrected chi connectivity index (χ3v) is 4.28. The van der Waals surface area contributed by atoms with Crippen LogP contribution < -0.4 is 0 Å².